The molecule has 0 spiro atoms. The highest BCUT2D eigenvalue weighted by Crippen LogP contribution is 2.24. The third-order valence-electron chi connectivity index (χ3n) is 4.69. The molecule has 0 aromatic heterocycles. The van der Waals surface area contributed by atoms with E-state index in [1.165, 1.54) is 29.0 Å². The molecular weight excluding hydrogens is 290 g/mol. The number of amides is 2. The van der Waals surface area contributed by atoms with Crippen molar-refractivity contribution in [1.29, 1.82) is 0 Å². The van der Waals surface area contributed by atoms with Crippen LogP contribution in [0.3, 0.4) is 0 Å². The van der Waals surface area contributed by atoms with Gasteiger partial charge in [-0.05, 0) is 49.3 Å². The van der Waals surface area contributed by atoms with Gasteiger partial charge >= 0.3 is 0 Å². The van der Waals surface area contributed by atoms with Gasteiger partial charge in [-0.25, -0.2) is 5.01 Å². The second kappa shape index (κ2) is 6.52. The van der Waals surface area contributed by atoms with Crippen LogP contribution in [0.1, 0.15) is 55.3 Å². The maximum Gasteiger partial charge on any atom is 0.267 e. The summed E-state index contributed by atoms with van der Waals surface area (Å²) in [6, 6.07) is 6.45. The molecule has 1 aromatic rings. The third kappa shape index (κ3) is 3.44. The van der Waals surface area contributed by atoms with Gasteiger partial charge in [0.2, 0.25) is 5.91 Å². The quantitative estimate of drug-likeness (QED) is 0.931. The van der Waals surface area contributed by atoms with Gasteiger partial charge in [0, 0.05) is 19.9 Å². The Balaban J connectivity index is 1.69. The largest absolute Gasteiger partial charge is 0.344 e. The maximum atomic E-state index is 12.3. The van der Waals surface area contributed by atoms with E-state index >= 15 is 0 Å². The molecule has 0 saturated heterocycles. The highest BCUT2D eigenvalue weighted by atomic mass is 16.2. The Hall–Kier alpha value is -2.17. The second-order valence-electron chi connectivity index (χ2n) is 6.39. The first-order valence-corrected chi connectivity index (χ1v) is 8.31. The number of benzene rings is 1. The monoisotopic (exact) mass is 313 g/mol. The van der Waals surface area contributed by atoms with Crippen molar-refractivity contribution < 1.29 is 9.59 Å². The summed E-state index contributed by atoms with van der Waals surface area (Å²) in [5.41, 5.74) is 4.40. The van der Waals surface area contributed by atoms with Crippen molar-refractivity contribution in [3.63, 3.8) is 0 Å². The lowest BCUT2D eigenvalue weighted by molar-refractivity contribution is -0.130. The van der Waals surface area contributed by atoms with Crippen molar-refractivity contribution in [2.24, 2.45) is 5.10 Å². The molecule has 1 aliphatic carbocycles. The van der Waals surface area contributed by atoms with Gasteiger partial charge in [0.25, 0.3) is 5.91 Å². The Morgan fingerprint density at radius 2 is 1.91 bits per heavy atom. The summed E-state index contributed by atoms with van der Waals surface area (Å²) in [7, 11) is 1.59. The van der Waals surface area contributed by atoms with Crippen LogP contribution in [-0.2, 0) is 22.4 Å². The predicted octanol–water partition coefficient (Wildman–Crippen LogP) is 2.35. The minimum Gasteiger partial charge on any atom is -0.344 e. The lowest BCUT2D eigenvalue weighted by atomic mass is 9.89. The SMILES string of the molecule is CC(NC(=O)C1=NN(C)C(=O)CC1)c1ccc2c(c1)CCCC2. The Morgan fingerprint density at radius 3 is 2.65 bits per heavy atom. The van der Waals surface area contributed by atoms with Crippen molar-refractivity contribution in [2.45, 2.75) is 51.5 Å². The van der Waals surface area contributed by atoms with Crippen LogP contribution in [0, 0.1) is 0 Å². The highest BCUT2D eigenvalue weighted by Gasteiger charge is 2.23. The van der Waals surface area contributed by atoms with Crippen LogP contribution in [0.4, 0.5) is 0 Å². The number of fused-ring (bicyclic) bond motifs is 1. The summed E-state index contributed by atoms with van der Waals surface area (Å²) in [4.78, 5) is 23.8. The number of nitrogens with zero attached hydrogens (tertiary/aromatic N) is 2. The Kier molecular flexibility index (Phi) is 4.46. The molecule has 1 heterocycles. The summed E-state index contributed by atoms with van der Waals surface area (Å²) < 4.78 is 0. The molecule has 2 amide bonds. The number of carbonyl (C=O) groups is 2. The van der Waals surface area contributed by atoms with Gasteiger partial charge in [0.15, 0.2) is 0 Å². The Morgan fingerprint density at radius 1 is 1.17 bits per heavy atom. The average molecular weight is 313 g/mol. The van der Waals surface area contributed by atoms with Crippen molar-refractivity contribution in [2.75, 3.05) is 7.05 Å². The van der Waals surface area contributed by atoms with E-state index in [2.05, 4.69) is 28.6 Å². The smallest absolute Gasteiger partial charge is 0.267 e. The maximum absolute atomic E-state index is 12.3. The first-order valence-electron chi connectivity index (χ1n) is 8.31. The van der Waals surface area contributed by atoms with Crippen LogP contribution in [0.2, 0.25) is 0 Å². The second-order valence-corrected chi connectivity index (χ2v) is 6.39. The minimum absolute atomic E-state index is 0.0516. The molecule has 2 aliphatic rings. The number of carbonyl (C=O) groups excluding carboxylic acids is 2. The number of hydrazone groups is 1. The zero-order valence-corrected chi connectivity index (χ0v) is 13.8. The molecule has 122 valence electrons. The summed E-state index contributed by atoms with van der Waals surface area (Å²) in [6.45, 7) is 1.99. The predicted molar refractivity (Wildman–Crippen MR) is 89.1 cm³/mol. The van der Waals surface area contributed by atoms with Crippen molar-refractivity contribution >= 4 is 17.5 Å². The van der Waals surface area contributed by atoms with Crippen LogP contribution < -0.4 is 5.32 Å². The first-order chi connectivity index (χ1) is 11.0. The van der Waals surface area contributed by atoms with Gasteiger partial charge in [-0.15, -0.1) is 0 Å². The normalized spacial score (nSPS) is 19.0. The fraction of sp³-hybridized carbons (Fsp3) is 0.500. The number of hydrogen-bond acceptors (Lipinski definition) is 3. The molecular formula is C18H23N3O2. The molecule has 1 N–H and O–H groups in total. The molecule has 5 nitrogen and oxygen atoms in total. The van der Waals surface area contributed by atoms with E-state index in [1.807, 2.05) is 6.92 Å². The molecule has 1 atom stereocenters. The molecule has 0 saturated carbocycles. The molecule has 1 unspecified atom stereocenters. The van der Waals surface area contributed by atoms with Crippen molar-refractivity contribution in [3.8, 4) is 0 Å². The summed E-state index contributed by atoms with van der Waals surface area (Å²) >= 11 is 0. The van der Waals surface area contributed by atoms with Gasteiger partial charge in [0.1, 0.15) is 5.71 Å². The van der Waals surface area contributed by atoms with Crippen LogP contribution in [-0.4, -0.2) is 29.6 Å². The van der Waals surface area contributed by atoms with Crippen LogP contribution in [0.15, 0.2) is 23.3 Å². The van der Waals surface area contributed by atoms with Gasteiger partial charge in [-0.3, -0.25) is 9.59 Å². The average Bonchev–Trinajstić information content (AvgIpc) is 2.56. The highest BCUT2D eigenvalue weighted by molar-refractivity contribution is 6.39. The molecule has 0 radical (unpaired) electrons. The Bertz CT molecular complexity index is 666. The van der Waals surface area contributed by atoms with Crippen LogP contribution in [0.25, 0.3) is 0 Å². The van der Waals surface area contributed by atoms with E-state index < -0.39 is 0 Å². The summed E-state index contributed by atoms with van der Waals surface area (Å²) in [5, 5.41) is 8.32. The van der Waals surface area contributed by atoms with E-state index in [9.17, 15) is 9.59 Å². The number of hydrogen-bond donors (Lipinski definition) is 1. The third-order valence-corrected chi connectivity index (χ3v) is 4.69. The molecule has 3 rings (SSSR count). The topological polar surface area (TPSA) is 61.8 Å². The zero-order valence-electron chi connectivity index (χ0n) is 13.8. The molecule has 1 aliphatic heterocycles. The van der Waals surface area contributed by atoms with E-state index in [-0.39, 0.29) is 17.9 Å². The lowest BCUT2D eigenvalue weighted by Crippen LogP contribution is -2.38. The Labute approximate surface area is 136 Å². The van der Waals surface area contributed by atoms with Gasteiger partial charge in [0.05, 0.1) is 6.04 Å². The van der Waals surface area contributed by atoms with E-state index in [0.717, 1.165) is 18.4 Å². The van der Waals surface area contributed by atoms with E-state index in [1.54, 1.807) is 7.05 Å². The molecule has 23 heavy (non-hydrogen) atoms. The van der Waals surface area contributed by atoms with Crippen molar-refractivity contribution in [1.82, 2.24) is 10.3 Å². The molecule has 0 bridgehead atoms. The van der Waals surface area contributed by atoms with Crippen LogP contribution in [0.5, 0.6) is 0 Å². The standard InChI is InChI=1S/C18H23N3O2/c1-12(14-8-7-13-5-3-4-6-15(13)11-14)19-18(23)16-9-10-17(22)21(2)20-16/h7-8,11-12H,3-6,9-10H2,1-2H3,(H,19,23). The molecule has 1 aromatic carbocycles. The van der Waals surface area contributed by atoms with E-state index in [0.29, 0.717) is 18.6 Å². The first kappa shape index (κ1) is 15.7. The zero-order chi connectivity index (χ0) is 16.4. The molecule has 5 heteroatoms. The number of aryl methyl sites for hydroxylation is 2. The number of rotatable bonds is 3. The summed E-state index contributed by atoms with van der Waals surface area (Å²) in [5.74, 6) is -0.237. The van der Waals surface area contributed by atoms with Gasteiger partial charge in [-0.2, -0.15) is 5.10 Å². The van der Waals surface area contributed by atoms with E-state index in [4.69, 9.17) is 0 Å². The van der Waals surface area contributed by atoms with Crippen LogP contribution >= 0.6 is 0 Å². The molecule has 0 fully saturated rings. The fourth-order valence-electron chi connectivity index (χ4n) is 3.22. The van der Waals surface area contributed by atoms with Crippen molar-refractivity contribution in [3.05, 3.63) is 34.9 Å². The van der Waals surface area contributed by atoms with Gasteiger partial charge < -0.3 is 5.32 Å². The number of nitrogens with one attached hydrogen (secondary N) is 1. The minimum atomic E-state index is -0.186. The lowest BCUT2D eigenvalue weighted by Gasteiger charge is -2.22. The fourth-order valence-corrected chi connectivity index (χ4v) is 3.22. The van der Waals surface area contributed by atoms with Gasteiger partial charge in [-0.1, -0.05) is 18.2 Å². The summed E-state index contributed by atoms with van der Waals surface area (Å²) in [6.07, 6.45) is 5.55.